The van der Waals surface area contributed by atoms with Gasteiger partial charge in [0.05, 0.1) is 17.4 Å². The van der Waals surface area contributed by atoms with Crippen molar-refractivity contribution in [2.24, 2.45) is 11.3 Å². The Labute approximate surface area is 124 Å². The molecule has 21 heavy (non-hydrogen) atoms. The zero-order chi connectivity index (χ0) is 15.0. The molecule has 0 aromatic carbocycles. The van der Waals surface area contributed by atoms with Crippen LogP contribution in [0.15, 0.2) is 0 Å². The molecule has 0 radical (unpaired) electrons. The van der Waals surface area contributed by atoms with E-state index < -0.39 is 23.3 Å². The molecule has 1 aliphatic heterocycles. The molecule has 1 saturated heterocycles. The van der Waals surface area contributed by atoms with Crippen LogP contribution in [0.25, 0.3) is 0 Å². The zero-order valence-electron chi connectivity index (χ0n) is 12.3. The number of carbonyl (C=O) groups is 3. The molecule has 2 atom stereocenters. The first-order valence-corrected chi connectivity index (χ1v) is 8.14. The fourth-order valence-electron chi connectivity index (χ4n) is 4.48. The van der Waals surface area contributed by atoms with E-state index >= 15 is 0 Å². The Morgan fingerprint density at radius 1 is 1.05 bits per heavy atom. The number of likely N-dealkylation sites (tertiary alicyclic amines) is 1. The Morgan fingerprint density at radius 3 is 2.38 bits per heavy atom. The van der Waals surface area contributed by atoms with Crippen LogP contribution >= 0.6 is 0 Å². The number of rotatable bonds is 2. The highest BCUT2D eigenvalue weighted by molar-refractivity contribution is 6.06. The second-order valence-electron chi connectivity index (χ2n) is 6.88. The van der Waals surface area contributed by atoms with Gasteiger partial charge in [-0.1, -0.05) is 32.1 Å². The predicted octanol–water partition coefficient (Wildman–Crippen LogP) is 2.34. The molecule has 1 heterocycles. The second kappa shape index (κ2) is 5.43. The van der Waals surface area contributed by atoms with Crippen molar-refractivity contribution in [3.8, 4) is 0 Å². The van der Waals surface area contributed by atoms with E-state index in [1.807, 2.05) is 0 Å². The topological polar surface area (TPSA) is 74.7 Å². The van der Waals surface area contributed by atoms with Crippen molar-refractivity contribution in [2.75, 3.05) is 0 Å². The van der Waals surface area contributed by atoms with Gasteiger partial charge < -0.3 is 5.11 Å². The summed E-state index contributed by atoms with van der Waals surface area (Å²) < 4.78 is 0. The van der Waals surface area contributed by atoms with Crippen molar-refractivity contribution >= 4 is 17.8 Å². The molecule has 5 heteroatoms. The van der Waals surface area contributed by atoms with Gasteiger partial charge in [0.25, 0.3) is 0 Å². The highest BCUT2D eigenvalue weighted by Crippen LogP contribution is 2.47. The number of carboxylic acid groups (broad SMARTS) is 1. The summed E-state index contributed by atoms with van der Waals surface area (Å²) in [5, 5.41) is 9.39. The predicted molar refractivity (Wildman–Crippen MR) is 75.4 cm³/mol. The van der Waals surface area contributed by atoms with Crippen molar-refractivity contribution in [3.63, 3.8) is 0 Å². The molecule has 2 unspecified atom stereocenters. The van der Waals surface area contributed by atoms with Gasteiger partial charge in [-0.2, -0.15) is 0 Å². The maximum absolute atomic E-state index is 12.9. The van der Waals surface area contributed by atoms with Crippen LogP contribution in [-0.4, -0.2) is 33.8 Å². The summed E-state index contributed by atoms with van der Waals surface area (Å²) >= 11 is 0. The zero-order valence-corrected chi connectivity index (χ0v) is 12.3. The summed E-state index contributed by atoms with van der Waals surface area (Å²) in [6.07, 6.45) is 8.00. The van der Waals surface area contributed by atoms with Gasteiger partial charge in [0.15, 0.2) is 0 Å². The number of hydrogen-bond acceptors (Lipinski definition) is 3. The second-order valence-corrected chi connectivity index (χ2v) is 6.88. The van der Waals surface area contributed by atoms with E-state index in [1.54, 1.807) is 0 Å². The molecule has 2 aliphatic carbocycles. The van der Waals surface area contributed by atoms with Crippen LogP contribution in [0, 0.1) is 11.3 Å². The molecule has 1 N–H and O–H groups in total. The Balaban J connectivity index is 1.85. The lowest BCUT2D eigenvalue weighted by Crippen LogP contribution is -2.49. The third-order valence-corrected chi connectivity index (χ3v) is 5.62. The van der Waals surface area contributed by atoms with Crippen LogP contribution in [0.1, 0.15) is 64.2 Å². The van der Waals surface area contributed by atoms with Crippen molar-refractivity contribution < 1.29 is 19.5 Å². The summed E-state index contributed by atoms with van der Waals surface area (Å²) in [5.41, 5.74) is -0.504. The Kier molecular flexibility index (Phi) is 3.76. The highest BCUT2D eigenvalue weighted by atomic mass is 16.4. The van der Waals surface area contributed by atoms with Gasteiger partial charge >= 0.3 is 5.97 Å². The van der Waals surface area contributed by atoms with E-state index in [4.69, 9.17) is 0 Å². The lowest BCUT2D eigenvalue weighted by molar-refractivity contribution is -0.152. The van der Waals surface area contributed by atoms with Gasteiger partial charge in [0.1, 0.15) is 0 Å². The minimum absolute atomic E-state index is 0.0784. The smallest absolute Gasteiger partial charge is 0.308 e. The lowest BCUT2D eigenvalue weighted by atomic mass is 9.73. The number of hydrogen-bond donors (Lipinski definition) is 1. The average molecular weight is 293 g/mol. The van der Waals surface area contributed by atoms with Crippen LogP contribution < -0.4 is 0 Å². The summed E-state index contributed by atoms with van der Waals surface area (Å²) in [6.45, 7) is 0. The summed E-state index contributed by atoms with van der Waals surface area (Å²) in [6, 6.07) is -0.419. The molecule has 0 aromatic rings. The molecule has 3 rings (SSSR count). The van der Waals surface area contributed by atoms with Gasteiger partial charge in [-0.25, -0.2) is 0 Å². The molecule has 3 aliphatic rings. The number of carbonyl (C=O) groups excluding carboxylic acids is 2. The van der Waals surface area contributed by atoms with E-state index in [2.05, 4.69) is 0 Å². The molecular weight excluding hydrogens is 270 g/mol. The van der Waals surface area contributed by atoms with Crippen molar-refractivity contribution in [1.82, 2.24) is 4.90 Å². The molecule has 3 fully saturated rings. The van der Waals surface area contributed by atoms with E-state index in [1.165, 1.54) is 4.90 Å². The Hall–Kier alpha value is -1.39. The van der Waals surface area contributed by atoms with Crippen molar-refractivity contribution in [3.05, 3.63) is 0 Å². The maximum Gasteiger partial charge on any atom is 0.308 e. The first-order chi connectivity index (χ1) is 10.1. The van der Waals surface area contributed by atoms with Crippen molar-refractivity contribution in [1.29, 1.82) is 0 Å². The molecule has 116 valence electrons. The van der Waals surface area contributed by atoms with Crippen molar-refractivity contribution in [2.45, 2.75) is 70.3 Å². The van der Waals surface area contributed by atoms with Gasteiger partial charge in [0, 0.05) is 6.42 Å². The molecule has 2 amide bonds. The molecule has 0 aromatic heterocycles. The van der Waals surface area contributed by atoms with E-state index in [0.29, 0.717) is 19.3 Å². The first-order valence-electron chi connectivity index (χ1n) is 8.14. The molecule has 1 spiro atoms. The minimum atomic E-state index is -0.870. The van der Waals surface area contributed by atoms with Gasteiger partial charge in [-0.15, -0.1) is 0 Å². The van der Waals surface area contributed by atoms with Gasteiger partial charge in [-0.3, -0.25) is 19.3 Å². The maximum atomic E-state index is 12.9. The summed E-state index contributed by atoms with van der Waals surface area (Å²) in [4.78, 5) is 38.1. The number of aliphatic carboxylic acids is 1. The van der Waals surface area contributed by atoms with Crippen LogP contribution in [-0.2, 0) is 14.4 Å². The van der Waals surface area contributed by atoms with E-state index in [9.17, 15) is 19.5 Å². The number of imide groups is 1. The number of nitrogens with zero attached hydrogens (tertiary/aromatic N) is 1. The molecule has 0 bridgehead atoms. The highest BCUT2D eigenvalue weighted by Gasteiger charge is 2.55. The molecule has 5 nitrogen and oxygen atoms in total. The number of carboxylic acids is 1. The van der Waals surface area contributed by atoms with Crippen LogP contribution in [0.4, 0.5) is 0 Å². The first kappa shape index (κ1) is 14.5. The lowest BCUT2D eigenvalue weighted by Gasteiger charge is -2.37. The Bertz CT molecular complexity index is 467. The quantitative estimate of drug-likeness (QED) is 0.793. The summed E-state index contributed by atoms with van der Waals surface area (Å²) in [7, 11) is 0. The van der Waals surface area contributed by atoms with Gasteiger partial charge in [-0.05, 0) is 25.7 Å². The minimum Gasteiger partial charge on any atom is -0.481 e. The molecular formula is C16H23NO4. The SMILES string of the molecule is O=C(O)C1CCCCC1N1C(=O)CC2(CCCCC2)C1=O. The fourth-order valence-corrected chi connectivity index (χ4v) is 4.48. The van der Waals surface area contributed by atoms with Crippen LogP contribution in [0.2, 0.25) is 0 Å². The third-order valence-electron chi connectivity index (χ3n) is 5.62. The van der Waals surface area contributed by atoms with Crippen LogP contribution in [0.3, 0.4) is 0 Å². The average Bonchev–Trinajstić information content (AvgIpc) is 2.70. The normalized spacial score (nSPS) is 32.7. The van der Waals surface area contributed by atoms with E-state index in [0.717, 1.165) is 44.9 Å². The Morgan fingerprint density at radius 2 is 1.71 bits per heavy atom. The van der Waals surface area contributed by atoms with Gasteiger partial charge in [0.2, 0.25) is 11.8 Å². The van der Waals surface area contributed by atoms with Crippen LogP contribution in [0.5, 0.6) is 0 Å². The fraction of sp³-hybridized carbons (Fsp3) is 0.812. The summed E-state index contributed by atoms with van der Waals surface area (Å²) in [5.74, 6) is -1.67. The largest absolute Gasteiger partial charge is 0.481 e. The van der Waals surface area contributed by atoms with E-state index in [-0.39, 0.29) is 11.8 Å². The monoisotopic (exact) mass is 293 g/mol. The standard InChI is InChI=1S/C16H23NO4/c18-13-10-16(8-4-1-5-9-16)15(21)17(13)12-7-3-2-6-11(12)14(19)20/h11-12H,1-10H2,(H,19,20). The molecule has 2 saturated carbocycles. The third kappa shape index (κ3) is 2.36. The number of amides is 2.